The van der Waals surface area contributed by atoms with Crippen molar-refractivity contribution >= 4 is 5.69 Å². The second kappa shape index (κ2) is 6.24. The van der Waals surface area contributed by atoms with Gasteiger partial charge < -0.3 is 9.80 Å². The highest BCUT2D eigenvalue weighted by Crippen LogP contribution is 2.23. The topological polar surface area (TPSA) is 6.48 Å². The minimum atomic E-state index is 0.675. The molecule has 0 radical (unpaired) electrons. The Morgan fingerprint density at radius 1 is 1.06 bits per heavy atom. The van der Waals surface area contributed by atoms with E-state index < -0.39 is 0 Å². The first kappa shape index (κ1) is 13.4. The maximum atomic E-state index is 2.52. The van der Waals surface area contributed by atoms with Gasteiger partial charge in [0.25, 0.3) is 0 Å². The van der Waals surface area contributed by atoms with Crippen molar-refractivity contribution in [3.8, 4) is 0 Å². The molecule has 1 heterocycles. The fourth-order valence-electron chi connectivity index (χ4n) is 2.55. The van der Waals surface area contributed by atoms with E-state index in [2.05, 4.69) is 55.0 Å². The number of benzene rings is 1. The highest BCUT2D eigenvalue weighted by atomic mass is 15.2. The van der Waals surface area contributed by atoms with Gasteiger partial charge in [-0.3, -0.25) is 0 Å². The molecule has 2 rings (SSSR count). The lowest BCUT2D eigenvalue weighted by molar-refractivity contribution is 0.360. The third-order valence-electron chi connectivity index (χ3n) is 4.16. The largest absolute Gasteiger partial charge is 0.370 e. The van der Waals surface area contributed by atoms with Gasteiger partial charge in [0.15, 0.2) is 0 Å². The third kappa shape index (κ3) is 3.26. The molecule has 2 nitrogen and oxygen atoms in total. The summed E-state index contributed by atoms with van der Waals surface area (Å²) in [6.07, 6.45) is 2.48. The molecule has 0 amide bonds. The number of anilines is 1. The van der Waals surface area contributed by atoms with Crippen molar-refractivity contribution < 1.29 is 0 Å². The van der Waals surface area contributed by atoms with Crippen molar-refractivity contribution in [1.82, 2.24) is 4.90 Å². The van der Waals surface area contributed by atoms with Crippen molar-refractivity contribution in [3.05, 3.63) is 29.8 Å². The van der Waals surface area contributed by atoms with E-state index in [0.29, 0.717) is 5.92 Å². The lowest BCUT2D eigenvalue weighted by Gasteiger charge is -2.23. The fourth-order valence-corrected chi connectivity index (χ4v) is 2.55. The molecule has 1 saturated heterocycles. The quantitative estimate of drug-likeness (QED) is 0.807. The first-order valence-electron chi connectivity index (χ1n) is 7.24. The molecule has 18 heavy (non-hydrogen) atoms. The number of hydrogen-bond acceptors (Lipinski definition) is 2. The van der Waals surface area contributed by atoms with Crippen molar-refractivity contribution in [2.45, 2.75) is 32.6 Å². The van der Waals surface area contributed by atoms with Crippen LogP contribution in [0.2, 0.25) is 0 Å². The molecule has 0 spiro atoms. The Kier molecular flexibility index (Phi) is 4.65. The average molecular weight is 246 g/mol. The first-order valence-corrected chi connectivity index (χ1v) is 7.24. The van der Waals surface area contributed by atoms with Gasteiger partial charge in [0.2, 0.25) is 0 Å². The Morgan fingerprint density at radius 3 is 2.44 bits per heavy atom. The highest BCUT2D eigenvalue weighted by molar-refractivity contribution is 5.48. The smallest absolute Gasteiger partial charge is 0.0366 e. The predicted octanol–water partition coefficient (Wildman–Crippen LogP) is 3.34. The standard InChI is InChI=1S/C16H26N2/c1-4-14(2)15-6-8-16(9-7-15)18-11-5-10-17(3)12-13-18/h6-9,14H,4-5,10-13H2,1-3H3. The van der Waals surface area contributed by atoms with Crippen molar-refractivity contribution in [3.63, 3.8) is 0 Å². The summed E-state index contributed by atoms with van der Waals surface area (Å²) in [5.41, 5.74) is 2.85. The van der Waals surface area contributed by atoms with Crippen LogP contribution >= 0.6 is 0 Å². The maximum Gasteiger partial charge on any atom is 0.0366 e. The monoisotopic (exact) mass is 246 g/mol. The van der Waals surface area contributed by atoms with Gasteiger partial charge in [0.1, 0.15) is 0 Å². The Labute approximate surface area is 112 Å². The van der Waals surface area contributed by atoms with Gasteiger partial charge in [-0.15, -0.1) is 0 Å². The van der Waals surface area contributed by atoms with Crippen molar-refractivity contribution in [2.24, 2.45) is 0 Å². The molecular weight excluding hydrogens is 220 g/mol. The number of rotatable bonds is 3. The number of likely N-dealkylation sites (N-methyl/N-ethyl adjacent to an activating group) is 1. The van der Waals surface area contributed by atoms with Gasteiger partial charge in [-0.25, -0.2) is 0 Å². The molecule has 1 atom stereocenters. The van der Waals surface area contributed by atoms with Crippen LogP contribution in [0.4, 0.5) is 5.69 Å². The van der Waals surface area contributed by atoms with Gasteiger partial charge in [-0.1, -0.05) is 26.0 Å². The van der Waals surface area contributed by atoms with Gasteiger partial charge in [-0.2, -0.15) is 0 Å². The molecule has 0 saturated carbocycles. The van der Waals surface area contributed by atoms with E-state index in [4.69, 9.17) is 0 Å². The summed E-state index contributed by atoms with van der Waals surface area (Å²) in [7, 11) is 2.22. The SMILES string of the molecule is CCC(C)c1ccc(N2CCCN(C)CC2)cc1. The Morgan fingerprint density at radius 2 is 1.78 bits per heavy atom. The van der Waals surface area contributed by atoms with Gasteiger partial charge >= 0.3 is 0 Å². The zero-order valence-corrected chi connectivity index (χ0v) is 12.0. The van der Waals surface area contributed by atoms with Gasteiger partial charge in [0.05, 0.1) is 0 Å². The predicted molar refractivity (Wildman–Crippen MR) is 79.5 cm³/mol. The van der Waals surface area contributed by atoms with Crippen LogP contribution in [0.25, 0.3) is 0 Å². The zero-order chi connectivity index (χ0) is 13.0. The average Bonchev–Trinajstić information content (AvgIpc) is 2.63. The van der Waals surface area contributed by atoms with Crippen LogP contribution in [0.3, 0.4) is 0 Å². The van der Waals surface area contributed by atoms with Crippen LogP contribution in [0.5, 0.6) is 0 Å². The molecule has 1 aliphatic rings. The lowest BCUT2D eigenvalue weighted by atomic mass is 9.98. The maximum absolute atomic E-state index is 2.52. The van der Waals surface area contributed by atoms with Crippen LogP contribution in [0, 0.1) is 0 Å². The first-order chi connectivity index (χ1) is 8.70. The molecule has 0 bridgehead atoms. The van der Waals surface area contributed by atoms with E-state index in [9.17, 15) is 0 Å². The van der Waals surface area contributed by atoms with Crippen molar-refractivity contribution in [2.75, 3.05) is 38.1 Å². The second-order valence-electron chi connectivity index (χ2n) is 5.54. The summed E-state index contributed by atoms with van der Waals surface area (Å²) in [6.45, 7) is 9.29. The Balaban J connectivity index is 2.04. The van der Waals surface area contributed by atoms with Gasteiger partial charge in [0, 0.05) is 25.3 Å². The van der Waals surface area contributed by atoms with Crippen molar-refractivity contribution in [1.29, 1.82) is 0 Å². The minimum Gasteiger partial charge on any atom is -0.370 e. The second-order valence-corrected chi connectivity index (χ2v) is 5.54. The van der Waals surface area contributed by atoms with Crippen LogP contribution in [-0.2, 0) is 0 Å². The summed E-state index contributed by atoms with van der Waals surface area (Å²) < 4.78 is 0. The molecule has 1 unspecified atom stereocenters. The number of hydrogen-bond donors (Lipinski definition) is 0. The summed E-state index contributed by atoms with van der Waals surface area (Å²) in [5, 5.41) is 0. The molecular formula is C16H26N2. The number of nitrogens with zero attached hydrogens (tertiary/aromatic N) is 2. The Hall–Kier alpha value is -1.02. The van der Waals surface area contributed by atoms with E-state index in [1.54, 1.807) is 0 Å². The van der Waals surface area contributed by atoms with Gasteiger partial charge in [-0.05, 0) is 50.0 Å². The molecule has 1 aromatic carbocycles. The van der Waals surface area contributed by atoms with E-state index in [1.807, 2.05) is 0 Å². The summed E-state index contributed by atoms with van der Waals surface area (Å²) in [4.78, 5) is 4.94. The van der Waals surface area contributed by atoms with Crippen LogP contribution in [0.15, 0.2) is 24.3 Å². The molecule has 0 aromatic heterocycles. The Bertz CT molecular complexity index is 358. The molecule has 1 fully saturated rings. The highest BCUT2D eigenvalue weighted by Gasteiger charge is 2.12. The van der Waals surface area contributed by atoms with Crippen LogP contribution < -0.4 is 4.90 Å². The summed E-state index contributed by atoms with van der Waals surface area (Å²) in [5.74, 6) is 0.675. The molecule has 100 valence electrons. The minimum absolute atomic E-state index is 0.675. The molecule has 0 aliphatic carbocycles. The lowest BCUT2D eigenvalue weighted by Crippen LogP contribution is -2.28. The van der Waals surface area contributed by atoms with E-state index in [-0.39, 0.29) is 0 Å². The normalized spacial score (nSPS) is 19.6. The molecule has 1 aromatic rings. The van der Waals surface area contributed by atoms with Crippen LogP contribution in [-0.4, -0.2) is 38.1 Å². The fraction of sp³-hybridized carbons (Fsp3) is 0.625. The molecule has 0 N–H and O–H groups in total. The summed E-state index contributed by atoms with van der Waals surface area (Å²) >= 11 is 0. The van der Waals surface area contributed by atoms with Crippen LogP contribution in [0.1, 0.15) is 38.2 Å². The van der Waals surface area contributed by atoms with E-state index >= 15 is 0 Å². The summed E-state index contributed by atoms with van der Waals surface area (Å²) in [6, 6.07) is 9.20. The third-order valence-corrected chi connectivity index (χ3v) is 4.16. The molecule has 2 heteroatoms. The van der Waals surface area contributed by atoms with E-state index in [1.165, 1.54) is 43.7 Å². The molecule has 1 aliphatic heterocycles. The van der Waals surface area contributed by atoms with E-state index in [0.717, 1.165) is 6.54 Å². The zero-order valence-electron chi connectivity index (χ0n) is 12.0.